The Bertz CT molecular complexity index is 278. The maximum absolute atomic E-state index is 8.37. The highest BCUT2D eigenvalue weighted by atomic mass is 16.2. The van der Waals surface area contributed by atoms with Crippen LogP contribution >= 0.6 is 0 Å². The molecule has 0 saturated heterocycles. The Labute approximate surface area is 120 Å². The van der Waals surface area contributed by atoms with Crippen molar-refractivity contribution < 1.29 is 5.11 Å². The van der Waals surface area contributed by atoms with Crippen LogP contribution in [0, 0.1) is 12.3 Å². The maximum Gasteiger partial charge on any atom is 0.0431 e. The molecule has 0 spiro atoms. The zero-order chi connectivity index (χ0) is 14.8. The zero-order valence-electron chi connectivity index (χ0n) is 12.9. The van der Waals surface area contributed by atoms with Crippen molar-refractivity contribution in [3.05, 3.63) is 35.9 Å². The summed E-state index contributed by atoms with van der Waals surface area (Å²) in [6.07, 6.45) is 11.8. The van der Waals surface area contributed by atoms with Crippen molar-refractivity contribution >= 4 is 0 Å². The Hall–Kier alpha value is -1.26. The van der Waals surface area contributed by atoms with Crippen LogP contribution in [0.1, 0.15) is 58.4 Å². The molecule has 0 fully saturated rings. The molecule has 1 heteroatoms. The average Bonchev–Trinajstić information content (AvgIpc) is 2.46. The lowest BCUT2D eigenvalue weighted by atomic mass is 10.2. The van der Waals surface area contributed by atoms with Crippen molar-refractivity contribution in [2.24, 2.45) is 0 Å². The Morgan fingerprint density at radius 3 is 1.89 bits per heavy atom. The van der Waals surface area contributed by atoms with Gasteiger partial charge in [0.25, 0.3) is 0 Å². The van der Waals surface area contributed by atoms with E-state index < -0.39 is 0 Å². The van der Waals surface area contributed by atoms with E-state index in [-0.39, 0.29) is 0 Å². The van der Waals surface area contributed by atoms with Gasteiger partial charge in [0.15, 0.2) is 0 Å². The first-order chi connectivity index (χ1) is 9.26. The maximum atomic E-state index is 8.37. The predicted octanol–water partition coefficient (Wildman–Crippen LogP) is 4.84. The van der Waals surface area contributed by atoms with Crippen LogP contribution in [-0.2, 0) is 6.42 Å². The summed E-state index contributed by atoms with van der Waals surface area (Å²) in [5, 5.41) is 8.37. The topological polar surface area (TPSA) is 20.2 Å². The summed E-state index contributed by atoms with van der Waals surface area (Å²) in [7, 11) is 0. The van der Waals surface area contributed by atoms with E-state index in [9.17, 15) is 0 Å². The van der Waals surface area contributed by atoms with Crippen LogP contribution in [0.3, 0.4) is 0 Å². The minimum absolute atomic E-state index is 0.365. The molecule has 0 aliphatic rings. The molecule has 0 aliphatic carbocycles. The molecule has 108 valence electrons. The van der Waals surface area contributed by atoms with E-state index in [1.807, 2.05) is 6.07 Å². The quantitative estimate of drug-likeness (QED) is 0.574. The fraction of sp³-hybridized carbons (Fsp3) is 0.556. The van der Waals surface area contributed by atoms with E-state index >= 15 is 0 Å². The molecule has 1 nitrogen and oxygen atoms in total. The van der Waals surface area contributed by atoms with Gasteiger partial charge in [0.2, 0.25) is 0 Å². The third kappa shape index (κ3) is 19.3. The summed E-state index contributed by atoms with van der Waals surface area (Å²) in [5.41, 5.74) is 1.41. The fourth-order valence-electron chi connectivity index (χ4n) is 1.43. The normalized spacial score (nSPS) is 8.37. The van der Waals surface area contributed by atoms with Crippen molar-refractivity contribution in [2.45, 2.75) is 59.3 Å². The van der Waals surface area contributed by atoms with Gasteiger partial charge in [-0.05, 0) is 25.3 Å². The molecule has 0 aromatic heterocycles. The summed E-state index contributed by atoms with van der Waals surface area (Å²) in [4.78, 5) is 0. The van der Waals surface area contributed by atoms with Crippen LogP contribution in [-0.4, -0.2) is 11.7 Å². The van der Waals surface area contributed by atoms with Crippen LogP contribution in [0.5, 0.6) is 0 Å². The van der Waals surface area contributed by atoms with Crippen molar-refractivity contribution in [2.75, 3.05) is 6.61 Å². The molecule has 0 aliphatic heterocycles. The van der Waals surface area contributed by atoms with Crippen LogP contribution in [0.25, 0.3) is 0 Å². The highest BCUT2D eigenvalue weighted by molar-refractivity contribution is 5.13. The third-order valence-electron chi connectivity index (χ3n) is 2.51. The van der Waals surface area contributed by atoms with E-state index in [2.05, 4.69) is 50.5 Å². The van der Waals surface area contributed by atoms with Crippen LogP contribution < -0.4 is 0 Å². The lowest BCUT2D eigenvalue weighted by molar-refractivity contribution is 0.282. The highest BCUT2D eigenvalue weighted by Gasteiger charge is 1.84. The number of rotatable bonds is 6. The molecule has 1 aromatic carbocycles. The molecule has 1 rings (SSSR count). The molecule has 0 amide bonds. The van der Waals surface area contributed by atoms with Crippen molar-refractivity contribution in [3.8, 4) is 12.3 Å². The summed E-state index contributed by atoms with van der Waals surface area (Å²) >= 11 is 0. The minimum Gasteiger partial charge on any atom is -0.396 e. The van der Waals surface area contributed by atoms with Gasteiger partial charge in [-0.1, -0.05) is 69.9 Å². The van der Waals surface area contributed by atoms with Crippen molar-refractivity contribution in [1.82, 2.24) is 0 Å². The van der Waals surface area contributed by atoms with Crippen molar-refractivity contribution in [1.29, 1.82) is 0 Å². The largest absolute Gasteiger partial charge is 0.396 e. The molecular formula is C18H30O. The van der Waals surface area contributed by atoms with Gasteiger partial charge in [0.1, 0.15) is 0 Å². The van der Waals surface area contributed by atoms with Crippen LogP contribution in [0.2, 0.25) is 0 Å². The van der Waals surface area contributed by atoms with Gasteiger partial charge in [0, 0.05) is 6.61 Å². The lowest BCUT2D eigenvalue weighted by Crippen LogP contribution is -1.81. The molecule has 0 atom stereocenters. The van der Waals surface area contributed by atoms with E-state index in [0.29, 0.717) is 6.61 Å². The molecule has 1 N–H and O–H groups in total. The Morgan fingerprint density at radius 1 is 1.00 bits per heavy atom. The fourth-order valence-corrected chi connectivity index (χ4v) is 1.43. The number of hydrogen-bond acceptors (Lipinski definition) is 1. The number of aliphatic hydroxyl groups excluding tert-OH is 1. The van der Waals surface area contributed by atoms with Gasteiger partial charge in [0.05, 0.1) is 0 Å². The first-order valence-corrected chi connectivity index (χ1v) is 7.28. The van der Waals surface area contributed by atoms with E-state index in [0.717, 1.165) is 12.8 Å². The third-order valence-corrected chi connectivity index (χ3v) is 2.51. The van der Waals surface area contributed by atoms with Gasteiger partial charge >= 0.3 is 0 Å². The molecule has 0 saturated carbocycles. The monoisotopic (exact) mass is 262 g/mol. The first kappa shape index (κ1) is 20.1. The van der Waals surface area contributed by atoms with Gasteiger partial charge in [-0.15, -0.1) is 12.3 Å². The minimum atomic E-state index is 0.365. The summed E-state index contributed by atoms with van der Waals surface area (Å²) in [6, 6.07) is 10.5. The second-order valence-corrected chi connectivity index (χ2v) is 4.27. The summed E-state index contributed by atoms with van der Waals surface area (Å²) in [6.45, 7) is 6.37. The van der Waals surface area contributed by atoms with Gasteiger partial charge in [-0.2, -0.15) is 0 Å². The number of hydrogen-bond donors (Lipinski definition) is 1. The Morgan fingerprint density at radius 2 is 1.53 bits per heavy atom. The number of aryl methyl sites for hydroxylation is 1. The van der Waals surface area contributed by atoms with Crippen LogP contribution in [0.15, 0.2) is 30.3 Å². The molecule has 0 unspecified atom stereocenters. The van der Waals surface area contributed by atoms with Crippen molar-refractivity contribution in [3.63, 3.8) is 0 Å². The molecule has 0 radical (unpaired) electrons. The zero-order valence-corrected chi connectivity index (χ0v) is 12.9. The standard InChI is InChI=1S/C8H10.C7H16O.C3H4/c1-2-8-6-4-3-5-7-8;1-2-3-4-5-6-7-8;1-3-2/h3-7H,2H2,1H3;8H,2-7H2,1H3;1H,2H3. The number of benzene rings is 1. The lowest BCUT2D eigenvalue weighted by Gasteiger charge is -1.93. The van der Waals surface area contributed by atoms with Gasteiger partial charge in [-0.25, -0.2) is 0 Å². The molecule has 19 heavy (non-hydrogen) atoms. The number of unbranched alkanes of at least 4 members (excludes halogenated alkanes) is 4. The first-order valence-electron chi connectivity index (χ1n) is 7.28. The number of terminal acetylenes is 1. The molecule has 1 aromatic rings. The van der Waals surface area contributed by atoms with Gasteiger partial charge < -0.3 is 5.11 Å². The van der Waals surface area contributed by atoms with E-state index in [1.165, 1.54) is 31.2 Å². The summed E-state index contributed by atoms with van der Waals surface area (Å²) in [5.74, 6) is 2.25. The predicted molar refractivity (Wildman–Crippen MR) is 86.2 cm³/mol. The smallest absolute Gasteiger partial charge is 0.0431 e. The summed E-state index contributed by atoms with van der Waals surface area (Å²) < 4.78 is 0. The molecular weight excluding hydrogens is 232 g/mol. The van der Waals surface area contributed by atoms with Gasteiger partial charge in [-0.3, -0.25) is 0 Å². The molecule has 0 heterocycles. The molecule has 0 bridgehead atoms. The SMILES string of the molecule is C#CC.CCCCCCCO.CCc1ccccc1. The van der Waals surface area contributed by atoms with E-state index in [1.54, 1.807) is 6.92 Å². The highest BCUT2D eigenvalue weighted by Crippen LogP contribution is 2.00. The van der Waals surface area contributed by atoms with E-state index in [4.69, 9.17) is 5.11 Å². The second-order valence-electron chi connectivity index (χ2n) is 4.27. The Balaban J connectivity index is 0. The Kier molecular flexibility index (Phi) is 20.2. The van der Waals surface area contributed by atoms with Crippen LogP contribution in [0.4, 0.5) is 0 Å². The number of aliphatic hydroxyl groups is 1. The second kappa shape index (κ2) is 19.1. The average molecular weight is 262 g/mol.